The van der Waals surface area contributed by atoms with E-state index in [0.29, 0.717) is 0 Å². The Kier molecular flexibility index (Phi) is 2.33. The fraction of sp³-hybridized carbons (Fsp3) is 0.143. The highest BCUT2D eigenvalue weighted by Gasteiger charge is 1.75. The molecule has 0 aliphatic heterocycles. The van der Waals surface area contributed by atoms with Crippen LogP contribution in [-0.4, -0.2) is 0 Å². The average molecular weight is 139 g/mol. The summed E-state index contributed by atoms with van der Waals surface area (Å²) in [7, 11) is 0. The molecule has 0 saturated heterocycles. The zero-order valence-electron chi connectivity index (χ0n) is 5.08. The number of nitrogen functional groups attached to an aromatic ring is 1. The Hall–Kier alpha value is -0.760. The van der Waals surface area contributed by atoms with Gasteiger partial charge in [0.15, 0.2) is 0 Å². The standard InChI is InChI=1S/C4H5NS.C3H4/c5-4-2-1-3-6-4;1-2-3-1/h1-3H,5H2;1-2H,3H2. The van der Waals surface area contributed by atoms with Gasteiger partial charge in [0.25, 0.3) is 0 Å². The Labute approximate surface area is 58.8 Å². The number of hydrogen-bond donors (Lipinski definition) is 1. The van der Waals surface area contributed by atoms with Gasteiger partial charge in [-0.1, -0.05) is 12.2 Å². The summed E-state index contributed by atoms with van der Waals surface area (Å²) >= 11 is 1.56. The topological polar surface area (TPSA) is 26.0 Å². The summed E-state index contributed by atoms with van der Waals surface area (Å²) in [6, 6.07) is 3.81. The van der Waals surface area contributed by atoms with E-state index in [1.165, 1.54) is 6.42 Å². The molecule has 1 aliphatic carbocycles. The van der Waals surface area contributed by atoms with Gasteiger partial charge in [-0.25, -0.2) is 0 Å². The van der Waals surface area contributed by atoms with Crippen molar-refractivity contribution in [3.05, 3.63) is 29.7 Å². The van der Waals surface area contributed by atoms with Crippen LogP contribution in [0.25, 0.3) is 0 Å². The number of hydrogen-bond acceptors (Lipinski definition) is 2. The first kappa shape index (κ1) is 6.36. The first-order valence-corrected chi connectivity index (χ1v) is 3.71. The van der Waals surface area contributed by atoms with Gasteiger partial charge in [0.05, 0.1) is 5.00 Å². The Balaban J connectivity index is 0.000000112. The minimum absolute atomic E-state index is 0.884. The van der Waals surface area contributed by atoms with Gasteiger partial charge in [-0.15, -0.1) is 11.3 Å². The van der Waals surface area contributed by atoms with Crippen LogP contribution < -0.4 is 5.73 Å². The second-order valence-corrected chi connectivity index (χ2v) is 2.70. The van der Waals surface area contributed by atoms with E-state index in [2.05, 4.69) is 12.2 Å². The van der Waals surface area contributed by atoms with Crippen LogP contribution >= 0.6 is 11.3 Å². The van der Waals surface area contributed by atoms with E-state index >= 15 is 0 Å². The third-order valence-electron chi connectivity index (χ3n) is 0.779. The number of rotatable bonds is 0. The van der Waals surface area contributed by atoms with Crippen LogP contribution in [0.2, 0.25) is 0 Å². The normalized spacial score (nSPS) is 12.0. The van der Waals surface area contributed by atoms with Crippen molar-refractivity contribution in [2.24, 2.45) is 0 Å². The molecule has 1 heterocycles. The maximum atomic E-state index is 5.30. The molecule has 0 amide bonds. The predicted molar refractivity (Wildman–Crippen MR) is 42.5 cm³/mol. The highest BCUT2D eigenvalue weighted by molar-refractivity contribution is 7.13. The summed E-state index contributed by atoms with van der Waals surface area (Å²) in [6.07, 6.45) is 5.50. The van der Waals surface area contributed by atoms with Crippen LogP contribution in [-0.2, 0) is 0 Å². The Morgan fingerprint density at radius 2 is 2.11 bits per heavy atom. The molecule has 0 unspecified atom stereocenters. The smallest absolute Gasteiger partial charge is 0.0856 e. The third kappa shape index (κ3) is 3.79. The molecule has 48 valence electrons. The van der Waals surface area contributed by atoms with E-state index in [1.54, 1.807) is 11.3 Å². The molecule has 1 nitrogen and oxygen atoms in total. The van der Waals surface area contributed by atoms with E-state index in [4.69, 9.17) is 5.73 Å². The lowest BCUT2D eigenvalue weighted by Crippen LogP contribution is -1.72. The quantitative estimate of drug-likeness (QED) is 0.548. The van der Waals surface area contributed by atoms with Gasteiger partial charge >= 0.3 is 0 Å². The van der Waals surface area contributed by atoms with Crippen molar-refractivity contribution >= 4 is 16.3 Å². The molecule has 0 spiro atoms. The lowest BCUT2D eigenvalue weighted by molar-refractivity contribution is 1.71. The molecular weight excluding hydrogens is 130 g/mol. The van der Waals surface area contributed by atoms with Crippen LogP contribution in [0.1, 0.15) is 6.42 Å². The first-order valence-electron chi connectivity index (χ1n) is 2.83. The molecule has 0 radical (unpaired) electrons. The van der Waals surface area contributed by atoms with Crippen molar-refractivity contribution in [3.8, 4) is 0 Å². The number of anilines is 1. The molecule has 1 aromatic heterocycles. The van der Waals surface area contributed by atoms with Crippen molar-refractivity contribution in [2.45, 2.75) is 6.42 Å². The SMILES string of the molecule is C1=CC1.Nc1cccs1. The second-order valence-electron chi connectivity index (χ2n) is 1.72. The zero-order valence-corrected chi connectivity index (χ0v) is 5.90. The molecule has 0 bridgehead atoms. The molecule has 0 aromatic carbocycles. The second kappa shape index (κ2) is 3.30. The average Bonchev–Trinajstić information content (AvgIpc) is 2.64. The lowest BCUT2D eigenvalue weighted by atomic mass is 10.6. The van der Waals surface area contributed by atoms with Crippen LogP contribution in [0.3, 0.4) is 0 Å². The maximum Gasteiger partial charge on any atom is 0.0856 e. The molecule has 2 N–H and O–H groups in total. The fourth-order valence-corrected chi connectivity index (χ4v) is 0.763. The third-order valence-corrected chi connectivity index (χ3v) is 1.48. The monoisotopic (exact) mass is 139 g/mol. The Morgan fingerprint density at radius 1 is 1.44 bits per heavy atom. The van der Waals surface area contributed by atoms with Gasteiger partial charge in [-0.05, 0) is 23.9 Å². The van der Waals surface area contributed by atoms with Crippen LogP contribution in [0, 0.1) is 0 Å². The van der Waals surface area contributed by atoms with Crippen molar-refractivity contribution in [2.75, 3.05) is 5.73 Å². The van der Waals surface area contributed by atoms with Gasteiger partial charge in [0.2, 0.25) is 0 Å². The molecule has 0 saturated carbocycles. The van der Waals surface area contributed by atoms with Crippen LogP contribution in [0.15, 0.2) is 29.7 Å². The highest BCUT2D eigenvalue weighted by atomic mass is 32.1. The van der Waals surface area contributed by atoms with Crippen molar-refractivity contribution in [3.63, 3.8) is 0 Å². The summed E-state index contributed by atoms with van der Waals surface area (Å²) in [5, 5.41) is 2.84. The van der Waals surface area contributed by atoms with Crippen molar-refractivity contribution in [1.29, 1.82) is 0 Å². The molecule has 1 aliphatic rings. The highest BCUT2D eigenvalue weighted by Crippen LogP contribution is 2.07. The Morgan fingerprint density at radius 3 is 2.22 bits per heavy atom. The van der Waals surface area contributed by atoms with E-state index in [9.17, 15) is 0 Å². The molecule has 0 atom stereocenters. The van der Waals surface area contributed by atoms with Crippen molar-refractivity contribution < 1.29 is 0 Å². The van der Waals surface area contributed by atoms with Gasteiger partial charge in [-0.3, -0.25) is 0 Å². The molecule has 9 heavy (non-hydrogen) atoms. The van der Waals surface area contributed by atoms with E-state index in [0.717, 1.165) is 5.00 Å². The summed E-state index contributed by atoms with van der Waals surface area (Å²) in [5.41, 5.74) is 5.30. The first-order chi connectivity index (χ1) is 4.39. The van der Waals surface area contributed by atoms with E-state index in [-0.39, 0.29) is 0 Å². The van der Waals surface area contributed by atoms with Gasteiger partial charge in [0, 0.05) is 0 Å². The van der Waals surface area contributed by atoms with Crippen LogP contribution in [0.4, 0.5) is 5.00 Å². The molecule has 2 rings (SSSR count). The van der Waals surface area contributed by atoms with Crippen LogP contribution in [0.5, 0.6) is 0 Å². The largest absolute Gasteiger partial charge is 0.391 e. The lowest BCUT2D eigenvalue weighted by Gasteiger charge is -1.68. The van der Waals surface area contributed by atoms with E-state index in [1.807, 2.05) is 17.5 Å². The number of thiophene rings is 1. The summed E-state index contributed by atoms with van der Waals surface area (Å²) in [5.74, 6) is 0. The molecular formula is C7H9NS. The van der Waals surface area contributed by atoms with Gasteiger partial charge < -0.3 is 5.73 Å². The predicted octanol–water partition coefficient (Wildman–Crippen LogP) is 2.28. The minimum Gasteiger partial charge on any atom is -0.391 e. The number of allylic oxidation sites excluding steroid dienone is 2. The minimum atomic E-state index is 0.884. The Bertz CT molecular complexity index is 173. The maximum absolute atomic E-state index is 5.30. The summed E-state index contributed by atoms with van der Waals surface area (Å²) in [6.45, 7) is 0. The van der Waals surface area contributed by atoms with Gasteiger partial charge in [0.1, 0.15) is 0 Å². The molecule has 1 aromatic rings. The fourth-order valence-electron chi connectivity index (χ4n) is 0.291. The number of nitrogens with two attached hydrogens (primary N) is 1. The van der Waals surface area contributed by atoms with Gasteiger partial charge in [-0.2, -0.15) is 0 Å². The summed E-state index contributed by atoms with van der Waals surface area (Å²) in [4.78, 5) is 0. The summed E-state index contributed by atoms with van der Waals surface area (Å²) < 4.78 is 0. The van der Waals surface area contributed by atoms with E-state index < -0.39 is 0 Å². The van der Waals surface area contributed by atoms with Crippen molar-refractivity contribution in [1.82, 2.24) is 0 Å². The molecule has 2 heteroatoms. The molecule has 0 fully saturated rings. The zero-order chi connectivity index (χ0) is 6.53.